The molecule has 88 valence electrons. The van der Waals surface area contributed by atoms with Crippen molar-refractivity contribution in [1.29, 1.82) is 5.26 Å². The highest BCUT2D eigenvalue weighted by atomic mass is 35.5. The number of amides is 1. The lowest BCUT2D eigenvalue weighted by Gasteiger charge is -2.18. The van der Waals surface area contributed by atoms with Gasteiger partial charge in [0.05, 0.1) is 11.6 Å². The Morgan fingerprint density at radius 1 is 1.59 bits per heavy atom. The van der Waals surface area contributed by atoms with Crippen LogP contribution in [0.25, 0.3) is 0 Å². The SMILES string of the molecule is N#CCC(=O)NC1(c2ccc(Cl)cc2F)CC1. The van der Waals surface area contributed by atoms with E-state index < -0.39 is 11.4 Å². The molecular formula is C12H10ClFN2O. The summed E-state index contributed by atoms with van der Waals surface area (Å²) in [6.07, 6.45) is 1.16. The van der Waals surface area contributed by atoms with Crippen LogP contribution in [-0.2, 0) is 10.3 Å². The number of hydrogen-bond donors (Lipinski definition) is 1. The molecule has 0 spiro atoms. The number of carbonyl (C=O) groups is 1. The van der Waals surface area contributed by atoms with Gasteiger partial charge in [0.25, 0.3) is 0 Å². The van der Waals surface area contributed by atoms with E-state index in [0.29, 0.717) is 23.4 Å². The zero-order valence-electron chi connectivity index (χ0n) is 8.96. The Balaban J connectivity index is 2.21. The van der Waals surface area contributed by atoms with Gasteiger partial charge in [0.15, 0.2) is 0 Å². The second-order valence-corrected chi connectivity index (χ2v) is 4.53. The first-order chi connectivity index (χ1) is 8.07. The van der Waals surface area contributed by atoms with Crippen molar-refractivity contribution in [3.63, 3.8) is 0 Å². The number of rotatable bonds is 3. The van der Waals surface area contributed by atoms with Crippen LogP contribution >= 0.6 is 11.6 Å². The molecule has 0 heterocycles. The number of halogens is 2. The van der Waals surface area contributed by atoms with Crippen LogP contribution in [0.15, 0.2) is 18.2 Å². The standard InChI is InChI=1S/C12H10ClFN2O/c13-8-1-2-9(10(14)7-8)12(4-5-12)16-11(17)3-6-15/h1-2,7H,3-5H2,(H,16,17). The van der Waals surface area contributed by atoms with Gasteiger partial charge in [-0.1, -0.05) is 17.7 Å². The number of nitriles is 1. The van der Waals surface area contributed by atoms with Crippen molar-refractivity contribution in [2.24, 2.45) is 0 Å². The van der Waals surface area contributed by atoms with Crippen LogP contribution in [0.4, 0.5) is 4.39 Å². The van der Waals surface area contributed by atoms with Crippen LogP contribution in [0.1, 0.15) is 24.8 Å². The molecule has 1 aliphatic rings. The first-order valence-electron chi connectivity index (χ1n) is 5.21. The molecule has 1 saturated carbocycles. The average Bonchev–Trinajstić information content (AvgIpc) is 2.98. The molecule has 1 aliphatic carbocycles. The fraction of sp³-hybridized carbons (Fsp3) is 0.333. The zero-order valence-corrected chi connectivity index (χ0v) is 9.72. The predicted octanol–water partition coefficient (Wildman–Crippen LogP) is 2.50. The molecule has 0 unspecified atom stereocenters. The molecule has 0 aliphatic heterocycles. The summed E-state index contributed by atoms with van der Waals surface area (Å²) in [4.78, 5) is 11.4. The molecule has 1 aromatic rings. The van der Waals surface area contributed by atoms with Crippen molar-refractivity contribution in [2.45, 2.75) is 24.8 Å². The summed E-state index contributed by atoms with van der Waals surface area (Å²) in [5, 5.41) is 11.4. The molecule has 0 saturated heterocycles. The lowest BCUT2D eigenvalue weighted by Crippen LogP contribution is -2.35. The largest absolute Gasteiger partial charge is 0.346 e. The van der Waals surface area contributed by atoms with Crippen molar-refractivity contribution in [3.8, 4) is 6.07 Å². The maximum atomic E-state index is 13.7. The Hall–Kier alpha value is -1.60. The summed E-state index contributed by atoms with van der Waals surface area (Å²) in [7, 11) is 0. The molecular weight excluding hydrogens is 243 g/mol. The van der Waals surface area contributed by atoms with E-state index in [1.54, 1.807) is 18.2 Å². The maximum absolute atomic E-state index is 13.7. The third-order valence-electron chi connectivity index (χ3n) is 2.82. The number of nitrogens with one attached hydrogen (secondary N) is 1. The van der Waals surface area contributed by atoms with Gasteiger partial charge in [-0.15, -0.1) is 0 Å². The number of hydrogen-bond acceptors (Lipinski definition) is 2. The molecule has 1 N–H and O–H groups in total. The summed E-state index contributed by atoms with van der Waals surface area (Å²) < 4.78 is 13.7. The van der Waals surface area contributed by atoms with Gasteiger partial charge < -0.3 is 5.32 Å². The topological polar surface area (TPSA) is 52.9 Å². The Morgan fingerprint density at radius 3 is 2.82 bits per heavy atom. The van der Waals surface area contributed by atoms with Gasteiger partial charge in [-0.25, -0.2) is 4.39 Å². The molecule has 0 radical (unpaired) electrons. The molecule has 0 bridgehead atoms. The minimum atomic E-state index is -0.636. The van der Waals surface area contributed by atoms with E-state index in [2.05, 4.69) is 5.32 Å². The van der Waals surface area contributed by atoms with E-state index >= 15 is 0 Å². The van der Waals surface area contributed by atoms with Crippen molar-refractivity contribution in [3.05, 3.63) is 34.6 Å². The van der Waals surface area contributed by atoms with Gasteiger partial charge in [-0.05, 0) is 25.0 Å². The van der Waals surface area contributed by atoms with Crippen LogP contribution in [0.3, 0.4) is 0 Å². The van der Waals surface area contributed by atoms with Crippen LogP contribution in [0.5, 0.6) is 0 Å². The van der Waals surface area contributed by atoms with Crippen molar-refractivity contribution in [1.82, 2.24) is 5.32 Å². The summed E-state index contributed by atoms with van der Waals surface area (Å²) in [6, 6.07) is 6.17. The van der Waals surface area contributed by atoms with Crippen LogP contribution in [0, 0.1) is 17.1 Å². The van der Waals surface area contributed by atoms with Gasteiger partial charge in [-0.2, -0.15) is 5.26 Å². The zero-order chi connectivity index (χ0) is 12.5. The highest BCUT2D eigenvalue weighted by Crippen LogP contribution is 2.46. The van der Waals surface area contributed by atoms with Gasteiger partial charge in [-0.3, -0.25) is 4.79 Å². The van der Waals surface area contributed by atoms with E-state index in [9.17, 15) is 9.18 Å². The van der Waals surface area contributed by atoms with Gasteiger partial charge in [0.2, 0.25) is 5.91 Å². The Bertz CT molecular complexity index is 506. The van der Waals surface area contributed by atoms with Crippen molar-refractivity contribution < 1.29 is 9.18 Å². The molecule has 1 amide bonds. The highest BCUT2D eigenvalue weighted by molar-refractivity contribution is 6.30. The fourth-order valence-corrected chi connectivity index (χ4v) is 2.01. The van der Waals surface area contributed by atoms with Crippen LogP contribution in [-0.4, -0.2) is 5.91 Å². The number of carbonyl (C=O) groups excluding carboxylic acids is 1. The minimum absolute atomic E-state index is 0.211. The summed E-state index contributed by atoms with van der Waals surface area (Å²) in [5.41, 5.74) is -0.198. The van der Waals surface area contributed by atoms with Crippen LogP contribution < -0.4 is 5.32 Å². The van der Waals surface area contributed by atoms with Crippen molar-refractivity contribution >= 4 is 17.5 Å². The molecule has 17 heavy (non-hydrogen) atoms. The summed E-state index contributed by atoms with van der Waals surface area (Å²) in [6.45, 7) is 0. The van der Waals surface area contributed by atoms with Gasteiger partial charge in [0, 0.05) is 10.6 Å². The minimum Gasteiger partial charge on any atom is -0.346 e. The molecule has 1 aromatic carbocycles. The summed E-state index contributed by atoms with van der Waals surface area (Å²) >= 11 is 5.67. The Morgan fingerprint density at radius 2 is 2.29 bits per heavy atom. The van der Waals surface area contributed by atoms with E-state index in [-0.39, 0.29) is 12.3 Å². The molecule has 3 nitrogen and oxygen atoms in total. The lowest BCUT2D eigenvalue weighted by atomic mass is 10.0. The van der Waals surface area contributed by atoms with Crippen LogP contribution in [0.2, 0.25) is 5.02 Å². The molecule has 5 heteroatoms. The van der Waals surface area contributed by atoms with E-state index in [1.165, 1.54) is 6.07 Å². The number of nitrogens with zero attached hydrogens (tertiary/aromatic N) is 1. The normalized spacial score (nSPS) is 16.1. The maximum Gasteiger partial charge on any atom is 0.234 e. The number of benzene rings is 1. The second-order valence-electron chi connectivity index (χ2n) is 4.09. The third kappa shape index (κ3) is 2.40. The van der Waals surface area contributed by atoms with E-state index in [0.717, 1.165) is 0 Å². The monoisotopic (exact) mass is 252 g/mol. The molecule has 0 aromatic heterocycles. The first kappa shape index (κ1) is 11.9. The third-order valence-corrected chi connectivity index (χ3v) is 3.05. The highest BCUT2D eigenvalue weighted by Gasteiger charge is 2.47. The molecule has 0 atom stereocenters. The smallest absolute Gasteiger partial charge is 0.234 e. The predicted molar refractivity (Wildman–Crippen MR) is 60.7 cm³/mol. The Kier molecular flexibility index (Phi) is 3.03. The Labute approximate surface area is 103 Å². The molecule has 2 rings (SSSR count). The molecule has 1 fully saturated rings. The quantitative estimate of drug-likeness (QED) is 0.899. The van der Waals surface area contributed by atoms with Gasteiger partial charge in [0.1, 0.15) is 12.2 Å². The first-order valence-corrected chi connectivity index (χ1v) is 5.59. The second kappa shape index (κ2) is 4.34. The fourth-order valence-electron chi connectivity index (χ4n) is 1.85. The van der Waals surface area contributed by atoms with Gasteiger partial charge >= 0.3 is 0 Å². The van der Waals surface area contributed by atoms with E-state index in [4.69, 9.17) is 16.9 Å². The lowest BCUT2D eigenvalue weighted by molar-refractivity contribution is -0.121. The van der Waals surface area contributed by atoms with E-state index in [1.807, 2.05) is 0 Å². The van der Waals surface area contributed by atoms with Crippen molar-refractivity contribution in [2.75, 3.05) is 0 Å². The summed E-state index contributed by atoms with van der Waals surface area (Å²) in [5.74, 6) is -0.799. The average molecular weight is 253 g/mol.